The number of benzene rings is 1. The fourth-order valence-electron chi connectivity index (χ4n) is 2.29. The molecule has 0 fully saturated rings. The smallest absolute Gasteiger partial charge is 0.325 e. The van der Waals surface area contributed by atoms with Crippen LogP contribution in [0.25, 0.3) is 0 Å². The Kier molecular flexibility index (Phi) is 4.78. The van der Waals surface area contributed by atoms with Crippen LogP contribution in [0.15, 0.2) is 18.2 Å². The summed E-state index contributed by atoms with van der Waals surface area (Å²) in [6.45, 7) is 3.65. The Bertz CT molecular complexity index is 683. The Morgan fingerprint density at radius 1 is 1.22 bits per heavy atom. The maximum Gasteiger partial charge on any atom is 0.325 e. The van der Waals surface area contributed by atoms with Crippen LogP contribution in [-0.4, -0.2) is 46.3 Å². The van der Waals surface area contributed by atoms with Crippen molar-refractivity contribution >= 4 is 23.7 Å². The summed E-state index contributed by atoms with van der Waals surface area (Å²) < 4.78 is 0. The first kappa shape index (κ1) is 16.7. The zero-order valence-corrected chi connectivity index (χ0v) is 13.0. The molecular formula is C16H18N2O5. The summed E-state index contributed by atoms with van der Waals surface area (Å²) in [6, 6.07) is 3.14. The van der Waals surface area contributed by atoms with Crippen molar-refractivity contribution in [1.82, 2.24) is 10.2 Å². The highest BCUT2D eigenvalue weighted by Crippen LogP contribution is 2.24. The van der Waals surface area contributed by atoms with E-state index in [9.17, 15) is 19.2 Å². The van der Waals surface area contributed by atoms with Gasteiger partial charge in [-0.15, -0.1) is 0 Å². The number of carbonyl (C=O) groups excluding carboxylic acids is 3. The van der Waals surface area contributed by atoms with Gasteiger partial charge >= 0.3 is 5.97 Å². The number of rotatable bonds is 6. The van der Waals surface area contributed by atoms with Crippen molar-refractivity contribution in [2.45, 2.75) is 32.7 Å². The van der Waals surface area contributed by atoms with Crippen LogP contribution in [0.3, 0.4) is 0 Å². The predicted octanol–water partition coefficient (Wildman–Crippen LogP) is 1.29. The van der Waals surface area contributed by atoms with Gasteiger partial charge in [-0.1, -0.05) is 13.3 Å². The molecule has 0 saturated carbocycles. The molecular weight excluding hydrogens is 300 g/mol. The second-order valence-corrected chi connectivity index (χ2v) is 5.41. The minimum absolute atomic E-state index is 0.148. The van der Waals surface area contributed by atoms with Gasteiger partial charge in [0.1, 0.15) is 6.04 Å². The van der Waals surface area contributed by atoms with Crippen molar-refractivity contribution in [2.75, 3.05) is 6.54 Å². The van der Waals surface area contributed by atoms with Gasteiger partial charge in [0.15, 0.2) is 0 Å². The molecule has 7 heteroatoms. The molecule has 0 aromatic heterocycles. The van der Waals surface area contributed by atoms with Gasteiger partial charge < -0.3 is 10.4 Å². The van der Waals surface area contributed by atoms with Gasteiger partial charge in [0.2, 0.25) is 0 Å². The maximum atomic E-state index is 12.3. The van der Waals surface area contributed by atoms with Crippen molar-refractivity contribution in [2.24, 2.45) is 0 Å². The van der Waals surface area contributed by atoms with Crippen molar-refractivity contribution in [3.8, 4) is 0 Å². The molecule has 3 amide bonds. The number of carbonyl (C=O) groups is 4. The maximum absolute atomic E-state index is 12.3. The average molecular weight is 318 g/mol. The Labute approximate surface area is 133 Å². The summed E-state index contributed by atoms with van der Waals surface area (Å²) in [4.78, 5) is 48.5. The van der Waals surface area contributed by atoms with E-state index in [2.05, 4.69) is 5.32 Å². The number of carboxylic acid groups (broad SMARTS) is 1. The van der Waals surface area contributed by atoms with Gasteiger partial charge in [0, 0.05) is 12.1 Å². The first-order valence-corrected chi connectivity index (χ1v) is 7.40. The lowest BCUT2D eigenvalue weighted by molar-refractivity contribution is -0.138. The minimum atomic E-state index is -1.16. The summed E-state index contributed by atoms with van der Waals surface area (Å²) in [5.74, 6) is -2.53. The molecule has 122 valence electrons. The third-order valence-electron chi connectivity index (χ3n) is 3.69. The first-order valence-electron chi connectivity index (χ1n) is 7.40. The van der Waals surface area contributed by atoms with E-state index in [1.54, 1.807) is 0 Å². The molecule has 2 N–H and O–H groups in total. The number of aliphatic carboxylic acids is 1. The number of hydrogen-bond donors (Lipinski definition) is 2. The van der Waals surface area contributed by atoms with Crippen molar-refractivity contribution in [1.29, 1.82) is 0 Å². The van der Waals surface area contributed by atoms with Crippen LogP contribution in [0, 0.1) is 0 Å². The Hall–Kier alpha value is -2.70. The Balaban J connectivity index is 2.23. The molecule has 2 rings (SSSR count). The van der Waals surface area contributed by atoms with E-state index < -0.39 is 23.8 Å². The second kappa shape index (κ2) is 6.60. The van der Waals surface area contributed by atoms with Crippen LogP contribution in [0.2, 0.25) is 0 Å². The molecule has 0 spiro atoms. The quantitative estimate of drug-likeness (QED) is 0.769. The van der Waals surface area contributed by atoms with Crippen LogP contribution < -0.4 is 5.32 Å². The van der Waals surface area contributed by atoms with Crippen molar-refractivity contribution in [3.05, 3.63) is 34.9 Å². The summed E-state index contributed by atoms with van der Waals surface area (Å²) in [7, 11) is 0. The minimum Gasteiger partial charge on any atom is -0.480 e. The fourth-order valence-corrected chi connectivity index (χ4v) is 2.29. The van der Waals surface area contributed by atoms with Crippen molar-refractivity contribution < 1.29 is 24.3 Å². The largest absolute Gasteiger partial charge is 0.480 e. The van der Waals surface area contributed by atoms with E-state index in [0.29, 0.717) is 6.54 Å². The lowest BCUT2D eigenvalue weighted by Gasteiger charge is -2.12. The lowest BCUT2D eigenvalue weighted by Crippen LogP contribution is -2.38. The zero-order valence-electron chi connectivity index (χ0n) is 13.0. The number of fused-ring (bicyclic) bond motifs is 1. The number of carboxylic acids is 1. The Morgan fingerprint density at radius 3 is 2.48 bits per heavy atom. The molecule has 1 heterocycles. The van der Waals surface area contributed by atoms with Gasteiger partial charge in [0.05, 0.1) is 11.1 Å². The van der Waals surface area contributed by atoms with Gasteiger partial charge in [-0.3, -0.25) is 24.1 Å². The van der Waals surface area contributed by atoms with E-state index in [1.165, 1.54) is 30.0 Å². The third kappa shape index (κ3) is 3.23. The van der Waals surface area contributed by atoms with Gasteiger partial charge in [0.25, 0.3) is 17.7 Å². The molecule has 1 unspecified atom stereocenters. The van der Waals surface area contributed by atoms with Crippen LogP contribution in [-0.2, 0) is 4.79 Å². The molecule has 1 aromatic carbocycles. The molecule has 7 nitrogen and oxygen atoms in total. The van der Waals surface area contributed by atoms with Crippen LogP contribution in [0.4, 0.5) is 0 Å². The monoisotopic (exact) mass is 318 g/mol. The second-order valence-electron chi connectivity index (χ2n) is 5.41. The SMILES string of the molecule is CCCCN1C(=O)c2ccc(C(=O)NC(C)C(=O)O)cc2C1=O. The van der Waals surface area contributed by atoms with Crippen LogP contribution in [0.5, 0.6) is 0 Å². The first-order chi connectivity index (χ1) is 10.9. The number of nitrogens with zero attached hydrogens (tertiary/aromatic N) is 1. The topological polar surface area (TPSA) is 104 Å². The zero-order chi connectivity index (χ0) is 17.1. The number of amides is 3. The number of nitrogens with one attached hydrogen (secondary N) is 1. The van der Waals surface area contributed by atoms with E-state index in [1.807, 2.05) is 6.92 Å². The summed E-state index contributed by atoms with van der Waals surface area (Å²) in [5.41, 5.74) is 0.603. The van der Waals surface area contributed by atoms with Gasteiger partial charge in [-0.05, 0) is 31.5 Å². The molecule has 0 saturated heterocycles. The number of unbranched alkanes of at least 4 members (excludes halogenated alkanes) is 1. The number of imide groups is 1. The molecule has 1 aliphatic heterocycles. The van der Waals surface area contributed by atoms with E-state index in [0.717, 1.165) is 12.8 Å². The van der Waals surface area contributed by atoms with Crippen molar-refractivity contribution in [3.63, 3.8) is 0 Å². The molecule has 1 aliphatic rings. The standard InChI is InChI=1S/C16H18N2O5/c1-3-4-7-18-14(20)11-6-5-10(8-12(11)15(18)21)13(19)17-9(2)16(22)23/h5-6,8-9H,3-4,7H2,1-2H3,(H,17,19)(H,22,23). The highest BCUT2D eigenvalue weighted by Gasteiger charge is 2.35. The molecule has 0 radical (unpaired) electrons. The highest BCUT2D eigenvalue weighted by atomic mass is 16.4. The highest BCUT2D eigenvalue weighted by molar-refractivity contribution is 6.22. The summed E-state index contributed by atoms with van der Waals surface area (Å²) in [5, 5.41) is 11.1. The lowest BCUT2D eigenvalue weighted by atomic mass is 10.1. The average Bonchev–Trinajstić information content (AvgIpc) is 2.76. The molecule has 0 bridgehead atoms. The van der Waals surface area contributed by atoms with E-state index in [4.69, 9.17) is 5.11 Å². The van der Waals surface area contributed by atoms with Gasteiger partial charge in [-0.2, -0.15) is 0 Å². The summed E-state index contributed by atoms with van der Waals surface area (Å²) in [6.07, 6.45) is 1.57. The Morgan fingerprint density at radius 2 is 1.87 bits per heavy atom. The fraction of sp³-hybridized carbons (Fsp3) is 0.375. The normalized spacial score (nSPS) is 14.6. The molecule has 1 aromatic rings. The number of hydrogen-bond acceptors (Lipinski definition) is 4. The molecule has 1 atom stereocenters. The summed E-state index contributed by atoms with van der Waals surface area (Å²) >= 11 is 0. The molecule has 23 heavy (non-hydrogen) atoms. The molecule has 0 aliphatic carbocycles. The van der Waals surface area contributed by atoms with E-state index in [-0.39, 0.29) is 22.6 Å². The predicted molar refractivity (Wildman–Crippen MR) is 81.3 cm³/mol. The van der Waals surface area contributed by atoms with Crippen LogP contribution in [0.1, 0.15) is 57.8 Å². The van der Waals surface area contributed by atoms with E-state index >= 15 is 0 Å². The third-order valence-corrected chi connectivity index (χ3v) is 3.69. The van der Waals surface area contributed by atoms with Crippen LogP contribution >= 0.6 is 0 Å². The van der Waals surface area contributed by atoms with Gasteiger partial charge in [-0.25, -0.2) is 0 Å².